The largest absolute Gasteiger partial charge is 0.456 e. The second kappa shape index (κ2) is 12.5. The monoisotopic (exact) mass is 643 g/mol. The van der Waals surface area contributed by atoms with E-state index in [0.717, 1.165) is 62.0 Å². The quantitative estimate of drug-likeness (QED) is 0.183. The van der Waals surface area contributed by atoms with Crippen molar-refractivity contribution in [2.75, 3.05) is 0 Å². The Morgan fingerprint density at radius 3 is 2.12 bits per heavy atom. The van der Waals surface area contributed by atoms with Crippen molar-refractivity contribution in [2.45, 2.75) is 12.6 Å². The second-order valence-electron chi connectivity index (χ2n) is 12.6. The van der Waals surface area contributed by atoms with Crippen LogP contribution in [0, 0.1) is 0 Å². The zero-order valence-corrected chi connectivity index (χ0v) is 27.4. The SMILES string of the molecule is C=C/C=C(\C=C1/Cc2ccccc2-c2ccccc21)c1cccc2oc3cccc(C4=NC(c5ccccc5)=NC(c5ccccc5)N4)c3c12. The van der Waals surface area contributed by atoms with Crippen molar-refractivity contribution in [2.24, 2.45) is 9.98 Å². The zero-order valence-electron chi connectivity index (χ0n) is 27.4. The van der Waals surface area contributed by atoms with E-state index in [-0.39, 0.29) is 6.17 Å². The number of nitrogens with one attached hydrogen (secondary N) is 1. The molecule has 1 atom stereocenters. The molecule has 0 amide bonds. The molecule has 0 saturated heterocycles. The Hall–Kier alpha value is -6.52. The first kappa shape index (κ1) is 29.6. The lowest BCUT2D eigenvalue weighted by Gasteiger charge is -2.24. The standard InChI is InChI=1S/C46H33N3O/c1-2-15-32(28-34-29-33-20-9-10-21-35(33)38-23-12-11-22-36(34)38)37-24-13-26-40-42(37)43-39(25-14-27-41(43)50-40)46-48-44(30-16-5-3-6-17-30)47-45(49-46)31-18-7-4-8-19-31/h2-28,44H,1,29H2,(H,47,48,49)/b32-15+,34-28+. The molecule has 1 aliphatic heterocycles. The van der Waals surface area contributed by atoms with Crippen LogP contribution in [0.15, 0.2) is 185 Å². The number of benzene rings is 6. The Balaban J connectivity index is 1.23. The van der Waals surface area contributed by atoms with Crippen LogP contribution in [0.2, 0.25) is 0 Å². The summed E-state index contributed by atoms with van der Waals surface area (Å²) in [4.78, 5) is 10.2. The summed E-state index contributed by atoms with van der Waals surface area (Å²) in [5.41, 5.74) is 13.2. The summed E-state index contributed by atoms with van der Waals surface area (Å²) >= 11 is 0. The molecule has 4 heteroatoms. The maximum Gasteiger partial charge on any atom is 0.159 e. The maximum absolute atomic E-state index is 6.58. The number of furan rings is 1. The molecular weight excluding hydrogens is 611 g/mol. The van der Waals surface area contributed by atoms with E-state index < -0.39 is 0 Å². The molecule has 6 aromatic carbocycles. The highest BCUT2D eigenvalue weighted by Crippen LogP contribution is 2.42. The molecular formula is C46H33N3O. The van der Waals surface area contributed by atoms with Gasteiger partial charge in [0.05, 0.1) is 0 Å². The summed E-state index contributed by atoms with van der Waals surface area (Å²) < 4.78 is 6.58. The van der Waals surface area contributed by atoms with Crippen molar-refractivity contribution >= 4 is 44.8 Å². The first-order valence-corrected chi connectivity index (χ1v) is 16.9. The molecule has 0 saturated carbocycles. The van der Waals surface area contributed by atoms with Crippen LogP contribution in [0.4, 0.5) is 0 Å². The molecule has 0 bridgehead atoms. The Labute approximate surface area is 291 Å². The van der Waals surface area contributed by atoms with Crippen LogP contribution in [0.5, 0.6) is 0 Å². The molecule has 0 fully saturated rings. The van der Waals surface area contributed by atoms with Crippen LogP contribution in [-0.2, 0) is 6.42 Å². The van der Waals surface area contributed by atoms with Crippen molar-refractivity contribution < 1.29 is 4.42 Å². The van der Waals surface area contributed by atoms with Gasteiger partial charge in [-0.05, 0) is 63.1 Å². The average molecular weight is 644 g/mol. The molecule has 1 aromatic heterocycles. The summed E-state index contributed by atoms with van der Waals surface area (Å²) in [5, 5.41) is 5.72. The molecule has 238 valence electrons. The molecule has 1 aliphatic carbocycles. The number of hydrogen-bond acceptors (Lipinski definition) is 4. The third-order valence-corrected chi connectivity index (χ3v) is 9.57. The summed E-state index contributed by atoms with van der Waals surface area (Å²) in [7, 11) is 0. The number of nitrogens with zero attached hydrogens (tertiary/aromatic N) is 2. The van der Waals surface area contributed by atoms with Gasteiger partial charge in [-0.1, -0.05) is 158 Å². The van der Waals surface area contributed by atoms with E-state index in [4.69, 9.17) is 14.4 Å². The Bertz CT molecular complexity index is 2550. The molecule has 2 heterocycles. The van der Waals surface area contributed by atoms with Gasteiger partial charge in [0.15, 0.2) is 5.84 Å². The van der Waals surface area contributed by atoms with E-state index in [0.29, 0.717) is 5.84 Å². The minimum Gasteiger partial charge on any atom is -0.456 e. The predicted molar refractivity (Wildman–Crippen MR) is 207 cm³/mol. The molecule has 9 rings (SSSR count). The molecule has 4 nitrogen and oxygen atoms in total. The molecule has 0 radical (unpaired) electrons. The zero-order chi connectivity index (χ0) is 33.4. The number of fused-ring (bicyclic) bond motifs is 6. The predicted octanol–water partition coefficient (Wildman–Crippen LogP) is 11.0. The van der Waals surface area contributed by atoms with Crippen LogP contribution in [-0.4, -0.2) is 11.7 Å². The van der Waals surface area contributed by atoms with Gasteiger partial charge in [0.2, 0.25) is 0 Å². The molecule has 2 aliphatic rings. The van der Waals surface area contributed by atoms with Gasteiger partial charge in [0.1, 0.15) is 23.2 Å². The van der Waals surface area contributed by atoms with Gasteiger partial charge in [-0.2, -0.15) is 0 Å². The molecule has 0 spiro atoms. The lowest BCUT2D eigenvalue weighted by molar-refractivity contribution is 0.667. The fourth-order valence-electron chi connectivity index (χ4n) is 7.31. The minimum atomic E-state index is -0.304. The number of allylic oxidation sites excluding steroid dienone is 5. The summed E-state index contributed by atoms with van der Waals surface area (Å²) in [6.07, 6.45) is 6.85. The van der Waals surface area contributed by atoms with Gasteiger partial charge in [-0.3, -0.25) is 0 Å². The Morgan fingerprint density at radius 2 is 1.32 bits per heavy atom. The summed E-state index contributed by atoms with van der Waals surface area (Å²) in [5.74, 6) is 1.44. The van der Waals surface area contributed by atoms with E-state index in [9.17, 15) is 0 Å². The third kappa shape index (κ3) is 5.19. The molecule has 7 aromatic rings. The highest BCUT2D eigenvalue weighted by molar-refractivity contribution is 6.23. The maximum atomic E-state index is 6.58. The fraction of sp³-hybridized carbons (Fsp3) is 0.0435. The third-order valence-electron chi connectivity index (χ3n) is 9.57. The van der Waals surface area contributed by atoms with Crippen LogP contribution in [0.3, 0.4) is 0 Å². The Kier molecular flexibility index (Phi) is 7.40. The van der Waals surface area contributed by atoms with E-state index in [1.54, 1.807) is 0 Å². The highest BCUT2D eigenvalue weighted by Gasteiger charge is 2.25. The fourth-order valence-corrected chi connectivity index (χ4v) is 7.31. The lowest BCUT2D eigenvalue weighted by atomic mass is 9.81. The van der Waals surface area contributed by atoms with Gasteiger partial charge in [-0.15, -0.1) is 0 Å². The number of amidine groups is 2. The second-order valence-corrected chi connectivity index (χ2v) is 12.6. The smallest absolute Gasteiger partial charge is 0.159 e. The molecule has 1 N–H and O–H groups in total. The Morgan fingerprint density at radius 1 is 0.660 bits per heavy atom. The number of rotatable bonds is 6. The average Bonchev–Trinajstić information content (AvgIpc) is 3.58. The van der Waals surface area contributed by atoms with Crippen molar-refractivity contribution in [1.82, 2.24) is 5.32 Å². The van der Waals surface area contributed by atoms with Crippen molar-refractivity contribution in [3.8, 4) is 11.1 Å². The minimum absolute atomic E-state index is 0.304. The van der Waals surface area contributed by atoms with Crippen LogP contribution in [0.1, 0.15) is 39.5 Å². The first-order chi connectivity index (χ1) is 24.7. The van der Waals surface area contributed by atoms with E-state index >= 15 is 0 Å². The highest BCUT2D eigenvalue weighted by atomic mass is 16.3. The van der Waals surface area contributed by atoms with Crippen molar-refractivity contribution in [3.63, 3.8) is 0 Å². The first-order valence-electron chi connectivity index (χ1n) is 16.9. The molecule has 1 unspecified atom stereocenters. The molecule has 50 heavy (non-hydrogen) atoms. The number of hydrogen-bond donors (Lipinski definition) is 1. The van der Waals surface area contributed by atoms with Gasteiger partial charge in [0, 0.05) is 21.9 Å². The van der Waals surface area contributed by atoms with Crippen molar-refractivity contribution in [1.29, 1.82) is 0 Å². The van der Waals surface area contributed by atoms with Crippen LogP contribution < -0.4 is 5.32 Å². The van der Waals surface area contributed by atoms with Gasteiger partial charge < -0.3 is 9.73 Å². The summed E-state index contributed by atoms with van der Waals surface area (Å²) in [6.45, 7) is 4.12. The summed E-state index contributed by atoms with van der Waals surface area (Å²) in [6, 6.07) is 50.4. The number of aliphatic imine (C=N–C) groups is 2. The lowest BCUT2D eigenvalue weighted by Crippen LogP contribution is -2.33. The van der Waals surface area contributed by atoms with E-state index in [1.807, 2.05) is 60.7 Å². The van der Waals surface area contributed by atoms with Gasteiger partial charge in [-0.25, -0.2) is 9.98 Å². The van der Waals surface area contributed by atoms with Crippen LogP contribution >= 0.6 is 0 Å². The van der Waals surface area contributed by atoms with Crippen molar-refractivity contribution in [3.05, 3.63) is 204 Å². The van der Waals surface area contributed by atoms with Gasteiger partial charge in [0.25, 0.3) is 0 Å². The van der Waals surface area contributed by atoms with E-state index in [1.165, 1.54) is 27.8 Å². The van der Waals surface area contributed by atoms with Gasteiger partial charge >= 0.3 is 0 Å². The topological polar surface area (TPSA) is 49.9 Å². The van der Waals surface area contributed by atoms with E-state index in [2.05, 4.69) is 115 Å². The normalized spacial score (nSPS) is 16.4. The van der Waals surface area contributed by atoms with Crippen LogP contribution in [0.25, 0.3) is 44.2 Å².